The van der Waals surface area contributed by atoms with Gasteiger partial charge in [-0.05, 0) is 234 Å². The number of nitrogens with zero attached hydrogens (tertiary/aromatic N) is 7. The highest BCUT2D eigenvalue weighted by atomic mass is 19.4. The largest absolute Gasteiger partial charge is 0.481 e. The van der Waals surface area contributed by atoms with Crippen LogP contribution in [0.15, 0.2) is 91.5 Å². The number of carboxylic acid groups (broad SMARTS) is 3. The molecule has 42 heteroatoms. The Hall–Kier alpha value is -11.9. The number of likely N-dealkylation sites (tertiary alicyclic amines) is 2. The van der Waals surface area contributed by atoms with Crippen LogP contribution in [0.3, 0.4) is 0 Å². The normalized spacial score (nSPS) is 23.6. The van der Waals surface area contributed by atoms with Crippen LogP contribution in [-0.2, 0) is 93.9 Å². The molecule has 5 saturated carbocycles. The third-order valence-electron chi connectivity index (χ3n) is 29.3. The van der Waals surface area contributed by atoms with Gasteiger partial charge in [-0.25, -0.2) is 24.4 Å². The predicted octanol–water partition coefficient (Wildman–Crippen LogP) is 7.51. The van der Waals surface area contributed by atoms with Gasteiger partial charge in [-0.2, -0.15) is 13.2 Å². The number of anilines is 1. The van der Waals surface area contributed by atoms with E-state index < -0.39 is 96.5 Å². The molecule has 12 rings (SSSR count). The lowest BCUT2D eigenvalue weighted by atomic mass is 9.82. The monoisotopic (exact) mass is 2030 g/mol. The smallest absolute Gasteiger partial charge is 0.416 e. The van der Waals surface area contributed by atoms with Gasteiger partial charge in [-0.3, -0.25) is 62.6 Å². The van der Waals surface area contributed by atoms with Gasteiger partial charge in [0.15, 0.2) is 0 Å². The van der Waals surface area contributed by atoms with E-state index >= 15 is 0 Å². The Labute approximate surface area is 842 Å². The molecule has 0 unspecified atom stereocenters. The number of fused-ring (bicyclic) bond motifs is 2. The first-order valence-electron chi connectivity index (χ1n) is 51.6. The van der Waals surface area contributed by atoms with Gasteiger partial charge in [-0.1, -0.05) is 48.5 Å². The van der Waals surface area contributed by atoms with Crippen LogP contribution in [0.2, 0.25) is 0 Å². The number of hydrogen-bond donors (Lipinski definition) is 14. The van der Waals surface area contributed by atoms with E-state index in [-0.39, 0.29) is 229 Å². The second kappa shape index (κ2) is 55.6. The Kier molecular flexibility index (Phi) is 42.9. The summed E-state index contributed by atoms with van der Waals surface area (Å²) >= 11 is 0. The van der Waals surface area contributed by atoms with Crippen molar-refractivity contribution in [2.24, 2.45) is 17.8 Å². The molecule has 12 amide bonds. The molecule has 14 N–H and O–H groups in total. The standard InChI is InChI=1S/C103H145F3N18O21/c1-63(2)121(3)73-29-40-86(124-48-42-81(99(124)136)116-94-78-56-70(103(104,105)106)24-38-80(78)112-62-113-94)84(57-73)117-95(132)66-20-25-71(26-21-66)114-87(125)16-10-50-142-74-30-34-76(35-31-74)144-52-46-108-89(127)60-123(49-45-111-97(134)79-58-91(129)122(4)93(79)69-14-9-43-107-59-69)61-90(128)109-47-53-145-77-36-32-75(33-37-77)143-51-11-17-88(126)115-72-27-22-67(23-28-72)96(133)118-85(55-64-18-19-65-12-5-6-13-68(65)54-64)98(135)110-44-8-7-15-82(100(137)138)119-102(141)120-83(101(139)140)39-41-92(130)131/h5-6,9,12-14,18-19,24,38,43,54,56,59,62-63,66-67,71-77,79,81-86,93H,7-8,10-11,15-17,20-23,25-37,39-42,44-53,55,57-58,60-61H2,1-4H3,(H,108,127)(H,109,128)(H,110,135)(H,111,134)(H,114,125)(H,115,126)(H,117,132)(H,118,133)(H,130,131)(H,137,138)(H,139,140)(H,112,113,116)(H2,119,120,141)/t66?,67?,71?,72?,73-,74?,75?,76?,77?,79+,81+,82+,83+,84-,85+,86+,93-/m1/s1. The zero-order valence-corrected chi connectivity index (χ0v) is 83.4. The highest BCUT2D eigenvalue weighted by Crippen LogP contribution is 2.40. The molecule has 0 spiro atoms. The van der Waals surface area contributed by atoms with Gasteiger partial charge in [0.2, 0.25) is 59.1 Å². The number of alkyl halides is 3. The van der Waals surface area contributed by atoms with Gasteiger partial charge in [0.05, 0.1) is 85.8 Å². The fourth-order valence-corrected chi connectivity index (χ4v) is 20.9. The van der Waals surface area contributed by atoms with Crippen molar-refractivity contribution in [1.29, 1.82) is 0 Å². The molecule has 5 aliphatic carbocycles. The molecule has 2 aromatic heterocycles. The number of unbranched alkanes of at least 4 members (excludes halogenated alkanes) is 1. The Balaban J connectivity index is 0.502. The molecular formula is C103H145F3N18O21. The molecule has 0 radical (unpaired) electrons. The number of amides is 12. The van der Waals surface area contributed by atoms with E-state index in [0.717, 1.165) is 91.8 Å². The Morgan fingerprint density at radius 3 is 1.71 bits per heavy atom. The number of urea groups is 1. The fourth-order valence-electron chi connectivity index (χ4n) is 20.9. The number of rotatable bonds is 53. The maximum Gasteiger partial charge on any atom is 0.416 e. The molecule has 5 aromatic rings. The van der Waals surface area contributed by atoms with Gasteiger partial charge in [-0.15, -0.1) is 0 Å². The summed E-state index contributed by atoms with van der Waals surface area (Å²) in [6.45, 7) is 6.36. The summed E-state index contributed by atoms with van der Waals surface area (Å²) in [7, 11) is 3.73. The molecular weight excluding hydrogens is 1880 g/mol. The number of carboxylic acids is 3. The van der Waals surface area contributed by atoms with Crippen LogP contribution in [0, 0.1) is 17.8 Å². The summed E-state index contributed by atoms with van der Waals surface area (Å²) in [5.74, 6) is -7.78. The van der Waals surface area contributed by atoms with E-state index in [0.29, 0.717) is 115 Å². The minimum Gasteiger partial charge on any atom is -0.481 e. The average molecular weight is 2030 g/mol. The Morgan fingerprint density at radius 1 is 0.552 bits per heavy atom. The maximum atomic E-state index is 14.3. The molecule has 7 fully saturated rings. The van der Waals surface area contributed by atoms with Crippen molar-refractivity contribution in [2.75, 3.05) is 98.2 Å². The first-order chi connectivity index (χ1) is 69.6. The van der Waals surface area contributed by atoms with Gasteiger partial charge in [0.25, 0.3) is 0 Å². The zero-order valence-electron chi connectivity index (χ0n) is 83.4. The van der Waals surface area contributed by atoms with Gasteiger partial charge in [0.1, 0.15) is 36.3 Å². The molecule has 0 bridgehead atoms. The van der Waals surface area contributed by atoms with Crippen molar-refractivity contribution in [1.82, 2.24) is 87.7 Å². The molecule has 2 aliphatic heterocycles. The van der Waals surface area contributed by atoms with Crippen LogP contribution in [0.1, 0.15) is 229 Å². The predicted molar refractivity (Wildman–Crippen MR) is 528 cm³/mol. The fraction of sp³-hybridized carbons (Fsp3) is 0.641. The highest BCUT2D eigenvalue weighted by Gasteiger charge is 2.47. The average Bonchev–Trinajstić information content (AvgIpc) is 1.63. The van der Waals surface area contributed by atoms with E-state index in [9.17, 15) is 90.5 Å². The number of carbonyl (C=O) groups is 14. The van der Waals surface area contributed by atoms with Crippen LogP contribution in [0.5, 0.6) is 0 Å². The summed E-state index contributed by atoms with van der Waals surface area (Å²) < 4.78 is 66.1. The van der Waals surface area contributed by atoms with Crippen LogP contribution in [0.4, 0.5) is 23.8 Å². The van der Waals surface area contributed by atoms with Crippen molar-refractivity contribution >= 4 is 111 Å². The first-order valence-corrected chi connectivity index (χ1v) is 51.6. The number of ether oxygens (including phenoxy) is 4. The van der Waals surface area contributed by atoms with Crippen molar-refractivity contribution < 1.29 is 115 Å². The number of aliphatic carboxylic acids is 3. The SMILES string of the molecule is CC(C)N(C)[C@@H]1CC[C@H](N2CC[C@H](Nc3ncnc4ccc(C(F)(F)F)cc34)C2=O)[C@H](NC(=O)C2CCC(NC(=O)CCCOC3CCC(OCCNC(=O)CN(CCNC(=O)[C@H]4CC(=O)N(C)[C@@H]4c4cccnc4)CC(=O)NCCOC4CCC(OCCCC(=O)NC5CCC(C(=O)N[C@@H](Cc6ccc7ccccc7c6)C(=O)NCCCC[C@H](NC(=O)N[C@@H](CCC(=O)O)C(=O)O)C(=O)O)CC5)CC4)CC3)CC2)C1. The second-order valence-electron chi connectivity index (χ2n) is 39.9. The van der Waals surface area contributed by atoms with Gasteiger partial charge >= 0.3 is 30.1 Å². The van der Waals surface area contributed by atoms with Crippen molar-refractivity contribution in [3.05, 3.63) is 108 Å². The molecule has 794 valence electrons. The number of hydrogen-bond acceptors (Lipinski definition) is 24. The number of pyridine rings is 1. The quantitative estimate of drug-likeness (QED) is 0.0167. The zero-order chi connectivity index (χ0) is 104. The first kappa shape index (κ1) is 112. The molecule has 4 heterocycles. The molecule has 3 aromatic carbocycles. The number of nitrogens with one attached hydrogen (secondary N) is 11. The number of halogens is 3. The molecule has 39 nitrogen and oxygen atoms in total. The molecule has 2 saturated heterocycles. The van der Waals surface area contributed by atoms with Crippen LogP contribution in [-0.4, -0.2) is 311 Å². The highest BCUT2D eigenvalue weighted by molar-refractivity contribution is 5.95. The number of benzene rings is 3. The van der Waals surface area contributed by atoms with E-state index in [1.807, 2.05) is 53.4 Å². The van der Waals surface area contributed by atoms with Crippen LogP contribution >= 0.6 is 0 Å². The minimum atomic E-state index is -4.58. The van der Waals surface area contributed by atoms with Crippen LogP contribution in [0.25, 0.3) is 21.7 Å². The Bertz CT molecular complexity index is 5170. The lowest BCUT2D eigenvalue weighted by Crippen LogP contribution is -2.59. The minimum absolute atomic E-state index is 0.00770. The van der Waals surface area contributed by atoms with E-state index in [1.165, 1.54) is 12.4 Å². The maximum absolute atomic E-state index is 14.3. The third-order valence-corrected chi connectivity index (χ3v) is 29.3. The van der Waals surface area contributed by atoms with Crippen molar-refractivity contribution in [3.63, 3.8) is 0 Å². The molecule has 145 heavy (non-hydrogen) atoms. The summed E-state index contributed by atoms with van der Waals surface area (Å²) in [5, 5.41) is 62.0. The van der Waals surface area contributed by atoms with E-state index in [2.05, 4.69) is 99.2 Å². The Morgan fingerprint density at radius 2 is 1.14 bits per heavy atom. The van der Waals surface area contributed by atoms with Gasteiger partial charge < -0.3 is 107 Å². The lowest BCUT2D eigenvalue weighted by Gasteiger charge is -2.45. The summed E-state index contributed by atoms with van der Waals surface area (Å²) in [5.41, 5.74) is 1.00. The van der Waals surface area contributed by atoms with E-state index in [1.54, 1.807) is 35.3 Å². The van der Waals surface area contributed by atoms with Crippen molar-refractivity contribution in [3.8, 4) is 0 Å². The van der Waals surface area contributed by atoms with Gasteiger partial charge in [0, 0.05) is 145 Å². The third kappa shape index (κ3) is 34.7. The summed E-state index contributed by atoms with van der Waals surface area (Å²) in [6.07, 6.45) is 14.1. The van der Waals surface area contributed by atoms with E-state index in [4.69, 9.17) is 24.1 Å². The number of aromatic nitrogens is 3. The second-order valence-corrected chi connectivity index (χ2v) is 39.9. The molecule has 7 aliphatic rings. The number of carbonyl (C=O) groups excluding carboxylic acids is 11. The topological polar surface area (TPSA) is 521 Å². The summed E-state index contributed by atoms with van der Waals surface area (Å²) in [4.78, 5) is 204. The lowest BCUT2D eigenvalue weighted by molar-refractivity contribution is -0.141. The summed E-state index contributed by atoms with van der Waals surface area (Å²) in [6, 6.07) is 13.7. The van der Waals surface area contributed by atoms with Crippen LogP contribution < -0.4 is 58.5 Å². The van der Waals surface area contributed by atoms with Crippen molar-refractivity contribution in [2.45, 2.75) is 310 Å². The molecule has 9 atom stereocenters.